The van der Waals surface area contributed by atoms with Crippen molar-refractivity contribution >= 4 is 5.91 Å². The second-order valence-electron chi connectivity index (χ2n) is 6.20. The highest BCUT2D eigenvalue weighted by Gasteiger charge is 2.53. The lowest BCUT2D eigenvalue weighted by atomic mass is 9.95. The van der Waals surface area contributed by atoms with E-state index in [0.29, 0.717) is 13.0 Å². The maximum atomic E-state index is 13.0. The zero-order valence-electron chi connectivity index (χ0n) is 12.2. The van der Waals surface area contributed by atoms with Crippen LogP contribution in [-0.4, -0.2) is 33.7 Å². The molecule has 4 nitrogen and oxygen atoms in total. The van der Waals surface area contributed by atoms with E-state index >= 15 is 0 Å². The first-order valence-electron chi connectivity index (χ1n) is 7.48. The Hall–Kier alpha value is -1.46. The van der Waals surface area contributed by atoms with E-state index in [2.05, 4.69) is 10.2 Å². The third-order valence-electron chi connectivity index (χ3n) is 4.71. The van der Waals surface area contributed by atoms with Crippen LogP contribution in [0, 0.1) is 5.82 Å². The minimum Gasteiger partial charge on any atom is -0.391 e. The maximum absolute atomic E-state index is 13.0. The zero-order chi connectivity index (χ0) is 15.0. The van der Waals surface area contributed by atoms with E-state index in [0.717, 1.165) is 24.8 Å². The van der Waals surface area contributed by atoms with Gasteiger partial charge in [-0.15, -0.1) is 0 Å². The molecule has 1 aromatic rings. The number of nitrogens with zero attached hydrogens (tertiary/aromatic N) is 1. The predicted octanol–water partition coefficient (Wildman–Crippen LogP) is 1.78. The van der Waals surface area contributed by atoms with Crippen molar-refractivity contribution in [3.63, 3.8) is 0 Å². The lowest BCUT2D eigenvalue weighted by Crippen LogP contribution is -2.60. The Bertz CT molecular complexity index is 534. The van der Waals surface area contributed by atoms with Gasteiger partial charge in [-0.1, -0.05) is 12.1 Å². The fourth-order valence-electron chi connectivity index (χ4n) is 3.89. The Balaban J connectivity index is 1.86. The number of halogens is 1. The number of carbonyl (C=O) groups is 1. The monoisotopic (exact) mass is 292 g/mol. The normalized spacial score (nSPS) is 32.1. The summed E-state index contributed by atoms with van der Waals surface area (Å²) in [7, 11) is 0. The van der Waals surface area contributed by atoms with Crippen LogP contribution in [-0.2, 0) is 11.3 Å². The van der Waals surface area contributed by atoms with Crippen molar-refractivity contribution in [3.8, 4) is 0 Å². The quantitative estimate of drug-likeness (QED) is 0.893. The molecule has 114 valence electrons. The Morgan fingerprint density at radius 1 is 1.48 bits per heavy atom. The summed E-state index contributed by atoms with van der Waals surface area (Å²) in [5.74, 6) is -0.328. The van der Waals surface area contributed by atoms with Gasteiger partial charge in [-0.25, -0.2) is 4.39 Å². The van der Waals surface area contributed by atoms with Crippen molar-refractivity contribution in [2.24, 2.45) is 0 Å². The molecule has 2 heterocycles. The van der Waals surface area contributed by atoms with Crippen LogP contribution in [0.2, 0.25) is 0 Å². The second-order valence-corrected chi connectivity index (χ2v) is 6.20. The third kappa shape index (κ3) is 2.68. The van der Waals surface area contributed by atoms with Crippen molar-refractivity contribution in [2.75, 3.05) is 0 Å². The van der Waals surface area contributed by atoms with Crippen molar-refractivity contribution in [1.29, 1.82) is 0 Å². The average Bonchev–Trinajstić information content (AvgIpc) is 2.56. The first kappa shape index (κ1) is 14.5. The van der Waals surface area contributed by atoms with Crippen LogP contribution in [0.3, 0.4) is 0 Å². The molecule has 2 aliphatic heterocycles. The van der Waals surface area contributed by atoms with Crippen molar-refractivity contribution in [2.45, 2.75) is 57.0 Å². The first-order valence-corrected chi connectivity index (χ1v) is 7.48. The molecule has 2 aliphatic rings. The van der Waals surface area contributed by atoms with E-state index in [1.807, 2.05) is 0 Å². The van der Waals surface area contributed by atoms with E-state index in [1.165, 1.54) is 19.1 Å². The molecular formula is C16H21FN2O2. The fraction of sp³-hybridized carbons (Fsp3) is 0.562. The summed E-state index contributed by atoms with van der Waals surface area (Å²) in [4.78, 5) is 13.8. The van der Waals surface area contributed by atoms with E-state index in [4.69, 9.17) is 0 Å². The third-order valence-corrected chi connectivity index (χ3v) is 4.71. The van der Waals surface area contributed by atoms with Crippen LogP contribution in [0.15, 0.2) is 24.3 Å². The minimum atomic E-state index is -0.456. The van der Waals surface area contributed by atoms with Gasteiger partial charge >= 0.3 is 0 Å². The van der Waals surface area contributed by atoms with Gasteiger partial charge in [-0.3, -0.25) is 9.69 Å². The average molecular weight is 292 g/mol. The number of hydrogen-bond acceptors (Lipinski definition) is 3. The Labute approximate surface area is 124 Å². The second kappa shape index (κ2) is 5.39. The van der Waals surface area contributed by atoms with Gasteiger partial charge in [0.05, 0.1) is 11.8 Å². The molecular weight excluding hydrogens is 271 g/mol. The summed E-state index contributed by atoms with van der Waals surface area (Å²) in [5, 5.41) is 13.4. The number of rotatable bonds is 3. The van der Waals surface area contributed by atoms with Crippen LogP contribution in [0.4, 0.5) is 4.39 Å². The number of nitrogens with one attached hydrogen (secondary N) is 1. The molecule has 2 N–H and O–H groups in total. The Morgan fingerprint density at radius 2 is 2.19 bits per heavy atom. The highest BCUT2D eigenvalue weighted by atomic mass is 19.1. The molecule has 3 unspecified atom stereocenters. The van der Waals surface area contributed by atoms with Gasteiger partial charge in [0, 0.05) is 25.9 Å². The molecule has 1 amide bonds. The molecule has 0 spiro atoms. The number of piperidine rings is 1. The molecule has 0 saturated carbocycles. The van der Waals surface area contributed by atoms with Crippen molar-refractivity contribution in [3.05, 3.63) is 35.6 Å². The van der Waals surface area contributed by atoms with Crippen LogP contribution in [0.25, 0.3) is 0 Å². The van der Waals surface area contributed by atoms with Crippen LogP contribution in [0.5, 0.6) is 0 Å². The summed E-state index contributed by atoms with van der Waals surface area (Å²) >= 11 is 0. The molecule has 3 rings (SSSR count). The SMILES string of the molecule is CC(=O)NC12CCCC(C(O)C1)N2Cc1ccc(F)cc1. The van der Waals surface area contributed by atoms with Crippen LogP contribution >= 0.6 is 0 Å². The predicted molar refractivity (Wildman–Crippen MR) is 76.8 cm³/mol. The number of amides is 1. The highest BCUT2D eigenvalue weighted by Crippen LogP contribution is 2.43. The molecule has 21 heavy (non-hydrogen) atoms. The molecule has 0 aliphatic carbocycles. The lowest BCUT2D eigenvalue weighted by molar-refractivity contribution is -0.124. The van der Waals surface area contributed by atoms with Gasteiger partial charge in [0.25, 0.3) is 0 Å². The summed E-state index contributed by atoms with van der Waals surface area (Å²) in [6, 6.07) is 6.48. The minimum absolute atomic E-state index is 0.0654. The molecule has 1 aromatic carbocycles. The Morgan fingerprint density at radius 3 is 2.86 bits per heavy atom. The van der Waals surface area contributed by atoms with Gasteiger partial charge in [0.1, 0.15) is 5.82 Å². The number of fused-ring (bicyclic) bond motifs is 2. The van der Waals surface area contributed by atoms with Crippen LogP contribution < -0.4 is 5.32 Å². The fourth-order valence-corrected chi connectivity index (χ4v) is 3.89. The van der Waals surface area contributed by atoms with Gasteiger partial charge in [-0.2, -0.15) is 0 Å². The van der Waals surface area contributed by atoms with Crippen molar-refractivity contribution in [1.82, 2.24) is 10.2 Å². The highest BCUT2D eigenvalue weighted by molar-refractivity contribution is 5.73. The van der Waals surface area contributed by atoms with Gasteiger partial charge < -0.3 is 10.4 Å². The molecule has 2 saturated heterocycles. The lowest BCUT2D eigenvalue weighted by Gasteiger charge is -2.45. The van der Waals surface area contributed by atoms with E-state index in [1.54, 1.807) is 12.1 Å². The number of benzene rings is 1. The number of hydrogen-bond donors (Lipinski definition) is 2. The summed E-state index contributed by atoms with van der Waals surface area (Å²) < 4.78 is 13.0. The molecule has 2 fully saturated rings. The van der Waals surface area contributed by atoms with Crippen LogP contribution in [0.1, 0.15) is 38.2 Å². The number of aliphatic hydroxyl groups is 1. The summed E-state index contributed by atoms with van der Waals surface area (Å²) in [5.41, 5.74) is 0.537. The van der Waals surface area contributed by atoms with Gasteiger partial charge in [0.15, 0.2) is 0 Å². The van der Waals surface area contributed by atoms with E-state index in [9.17, 15) is 14.3 Å². The number of aliphatic hydroxyl groups excluding tert-OH is 1. The topological polar surface area (TPSA) is 52.6 Å². The first-order chi connectivity index (χ1) is 10.00. The smallest absolute Gasteiger partial charge is 0.218 e. The molecule has 2 bridgehead atoms. The summed E-state index contributed by atoms with van der Waals surface area (Å²) in [6.45, 7) is 2.13. The molecule has 3 atom stereocenters. The molecule has 0 radical (unpaired) electrons. The van der Waals surface area contributed by atoms with Crippen molar-refractivity contribution < 1.29 is 14.3 Å². The largest absolute Gasteiger partial charge is 0.391 e. The number of carbonyl (C=O) groups excluding carboxylic acids is 1. The molecule has 5 heteroatoms. The summed E-state index contributed by atoms with van der Waals surface area (Å²) in [6.07, 6.45) is 2.94. The van der Waals surface area contributed by atoms with E-state index < -0.39 is 11.8 Å². The standard InChI is InChI=1S/C16H21FN2O2/c1-11(20)18-16-8-2-3-14(15(21)9-16)19(16)10-12-4-6-13(17)7-5-12/h4-7,14-15,21H,2-3,8-10H2,1H3,(H,18,20). The van der Waals surface area contributed by atoms with Gasteiger partial charge in [-0.05, 0) is 37.0 Å². The maximum Gasteiger partial charge on any atom is 0.218 e. The Kier molecular flexibility index (Phi) is 3.71. The zero-order valence-corrected chi connectivity index (χ0v) is 12.2. The van der Waals surface area contributed by atoms with E-state index in [-0.39, 0.29) is 17.8 Å². The molecule has 0 aromatic heterocycles. The van der Waals surface area contributed by atoms with Gasteiger partial charge in [0.2, 0.25) is 5.91 Å².